The Kier molecular flexibility index (Phi) is 8.10. The van der Waals surface area contributed by atoms with Crippen molar-refractivity contribution in [1.82, 2.24) is 0 Å². The lowest BCUT2D eigenvalue weighted by Gasteiger charge is -2.18. The average Bonchev–Trinajstić information content (AvgIpc) is 2.46. The molecule has 0 saturated carbocycles. The van der Waals surface area contributed by atoms with Crippen molar-refractivity contribution in [1.29, 1.82) is 0 Å². The molecule has 1 aromatic carbocycles. The fourth-order valence-corrected chi connectivity index (χ4v) is 2.87. The summed E-state index contributed by atoms with van der Waals surface area (Å²) in [6, 6.07) is 3.47. The van der Waals surface area contributed by atoms with Crippen LogP contribution in [0.1, 0.15) is 76.7 Å². The van der Waals surface area contributed by atoms with Crippen molar-refractivity contribution in [2.45, 2.75) is 71.1 Å². The molecule has 0 bridgehead atoms. The Morgan fingerprint density at radius 3 is 2.43 bits per heavy atom. The number of anilines is 1. The van der Waals surface area contributed by atoms with Gasteiger partial charge >= 0.3 is 0 Å². The van der Waals surface area contributed by atoms with Gasteiger partial charge < -0.3 is 5.73 Å². The van der Waals surface area contributed by atoms with E-state index in [0.29, 0.717) is 22.8 Å². The Balaban J connectivity index is 2.65. The fourth-order valence-electron chi connectivity index (χ4n) is 2.87. The van der Waals surface area contributed by atoms with Gasteiger partial charge in [-0.05, 0) is 35.6 Å². The van der Waals surface area contributed by atoms with Gasteiger partial charge in [-0.1, -0.05) is 63.9 Å². The number of nitroso groups, excluding NO2 is 1. The molecule has 0 aliphatic rings. The zero-order valence-electron chi connectivity index (χ0n) is 13.4. The maximum absolute atomic E-state index is 11.1. The molecule has 0 aliphatic carbocycles. The minimum Gasteiger partial charge on any atom is -0.397 e. The molecule has 0 spiro atoms. The first-order valence-electron chi connectivity index (χ1n) is 8.16. The van der Waals surface area contributed by atoms with Crippen molar-refractivity contribution in [2.24, 2.45) is 5.18 Å². The molecular formula is C17H27BN2O. The quantitative estimate of drug-likeness (QED) is 0.293. The summed E-state index contributed by atoms with van der Waals surface area (Å²) >= 11 is 0. The van der Waals surface area contributed by atoms with Crippen molar-refractivity contribution in [2.75, 3.05) is 5.73 Å². The van der Waals surface area contributed by atoms with E-state index >= 15 is 0 Å². The second-order valence-electron chi connectivity index (χ2n) is 5.80. The Morgan fingerprint density at radius 2 is 1.81 bits per heavy atom. The molecule has 1 rings (SSSR count). The molecule has 21 heavy (non-hydrogen) atoms. The summed E-state index contributed by atoms with van der Waals surface area (Å²) in [5.41, 5.74) is 8.15. The second kappa shape index (κ2) is 9.59. The molecule has 0 saturated heterocycles. The number of hydrogen-bond donors (Lipinski definition) is 1. The third kappa shape index (κ3) is 5.52. The molecule has 0 fully saturated rings. The Bertz CT molecular complexity index is 449. The fraction of sp³-hybridized carbons (Fsp3) is 0.647. The van der Waals surface area contributed by atoms with Gasteiger partial charge in [0.15, 0.2) is 0 Å². The minimum atomic E-state index is 0.315. The van der Waals surface area contributed by atoms with E-state index in [1.54, 1.807) is 6.07 Å². The van der Waals surface area contributed by atoms with Crippen LogP contribution in [0.5, 0.6) is 0 Å². The molecule has 1 atom stereocenters. The zero-order valence-corrected chi connectivity index (χ0v) is 13.4. The molecule has 0 aliphatic heterocycles. The predicted molar refractivity (Wildman–Crippen MR) is 92.7 cm³/mol. The van der Waals surface area contributed by atoms with Crippen LogP contribution in [0.2, 0.25) is 0 Å². The summed E-state index contributed by atoms with van der Waals surface area (Å²) in [7, 11) is 5.86. The maximum Gasteiger partial charge on any atom is 0.134 e. The summed E-state index contributed by atoms with van der Waals surface area (Å²) in [4.78, 5) is 11.1. The van der Waals surface area contributed by atoms with E-state index in [4.69, 9.17) is 13.6 Å². The largest absolute Gasteiger partial charge is 0.397 e. The van der Waals surface area contributed by atoms with Crippen LogP contribution in [0.15, 0.2) is 17.3 Å². The van der Waals surface area contributed by atoms with Gasteiger partial charge in [0.25, 0.3) is 0 Å². The third-order valence-corrected chi connectivity index (χ3v) is 4.12. The number of benzene rings is 1. The predicted octanol–water partition coefficient (Wildman–Crippen LogP) is 4.70. The molecule has 2 radical (unpaired) electrons. The number of rotatable bonds is 10. The van der Waals surface area contributed by atoms with E-state index in [1.165, 1.54) is 38.5 Å². The van der Waals surface area contributed by atoms with Crippen LogP contribution in [0, 0.1) is 4.91 Å². The lowest BCUT2D eigenvalue weighted by molar-refractivity contribution is 0.530. The first kappa shape index (κ1) is 17.7. The highest BCUT2D eigenvalue weighted by Gasteiger charge is 2.17. The molecular weight excluding hydrogens is 259 g/mol. The van der Waals surface area contributed by atoms with Crippen molar-refractivity contribution < 1.29 is 0 Å². The molecule has 2 N–H and O–H groups in total. The van der Waals surface area contributed by atoms with Gasteiger partial charge in [0, 0.05) is 0 Å². The van der Waals surface area contributed by atoms with E-state index in [0.717, 1.165) is 18.4 Å². The van der Waals surface area contributed by atoms with E-state index < -0.39 is 0 Å². The van der Waals surface area contributed by atoms with Crippen LogP contribution in [0.4, 0.5) is 11.4 Å². The van der Waals surface area contributed by atoms with Crippen LogP contribution in [0.25, 0.3) is 0 Å². The highest BCUT2D eigenvalue weighted by atomic mass is 16.3. The highest BCUT2D eigenvalue weighted by molar-refractivity contribution is 6.32. The van der Waals surface area contributed by atoms with Gasteiger partial charge in [-0.2, -0.15) is 0 Å². The van der Waals surface area contributed by atoms with Crippen molar-refractivity contribution >= 4 is 24.7 Å². The van der Waals surface area contributed by atoms with Crippen LogP contribution in [-0.2, 0) is 0 Å². The number of nitrogen functional groups attached to an aromatic ring is 1. The van der Waals surface area contributed by atoms with Crippen LogP contribution in [0.3, 0.4) is 0 Å². The van der Waals surface area contributed by atoms with Gasteiger partial charge in [0.05, 0.1) is 5.69 Å². The van der Waals surface area contributed by atoms with Gasteiger partial charge in [0.1, 0.15) is 13.5 Å². The van der Waals surface area contributed by atoms with Gasteiger partial charge in [-0.3, -0.25) is 0 Å². The maximum atomic E-state index is 11.1. The molecule has 114 valence electrons. The molecule has 4 heteroatoms. The molecule has 3 nitrogen and oxygen atoms in total. The molecule has 0 aromatic heterocycles. The smallest absolute Gasteiger partial charge is 0.134 e. The molecule has 0 amide bonds. The van der Waals surface area contributed by atoms with E-state index in [1.807, 2.05) is 6.07 Å². The standard InChI is InChI=1S/C17H27BN2O/c1-3-5-6-7-8-9-10-13(4-2)15-11-14(18)12-16(19)17(15)20-21/h11-13H,3-10,19H2,1-2H3. The normalized spacial score (nSPS) is 12.3. The minimum absolute atomic E-state index is 0.315. The lowest BCUT2D eigenvalue weighted by atomic mass is 9.84. The van der Waals surface area contributed by atoms with E-state index in [-0.39, 0.29) is 0 Å². The van der Waals surface area contributed by atoms with Crippen molar-refractivity contribution in [3.05, 3.63) is 22.6 Å². The summed E-state index contributed by atoms with van der Waals surface area (Å²) in [5, 5.41) is 3.12. The topological polar surface area (TPSA) is 55.4 Å². The first-order chi connectivity index (χ1) is 10.1. The summed E-state index contributed by atoms with van der Waals surface area (Å²) < 4.78 is 0. The number of nitrogens with two attached hydrogens (primary N) is 1. The number of nitrogens with zero attached hydrogens (tertiary/aromatic N) is 1. The van der Waals surface area contributed by atoms with Gasteiger partial charge in [-0.25, -0.2) is 0 Å². The Labute approximate surface area is 130 Å². The van der Waals surface area contributed by atoms with E-state index in [2.05, 4.69) is 19.0 Å². The molecule has 1 aromatic rings. The van der Waals surface area contributed by atoms with Crippen LogP contribution in [-0.4, -0.2) is 7.85 Å². The van der Waals surface area contributed by atoms with Crippen LogP contribution >= 0.6 is 0 Å². The first-order valence-corrected chi connectivity index (χ1v) is 8.16. The zero-order chi connectivity index (χ0) is 15.7. The number of unbranched alkanes of at least 4 members (excludes halogenated alkanes) is 5. The molecule has 1 unspecified atom stereocenters. The third-order valence-electron chi connectivity index (χ3n) is 4.12. The summed E-state index contributed by atoms with van der Waals surface area (Å²) in [5.74, 6) is 0.315. The van der Waals surface area contributed by atoms with Gasteiger partial charge in [-0.15, -0.1) is 4.91 Å². The van der Waals surface area contributed by atoms with Crippen molar-refractivity contribution in [3.63, 3.8) is 0 Å². The van der Waals surface area contributed by atoms with Gasteiger partial charge in [0.2, 0.25) is 0 Å². The lowest BCUT2D eigenvalue weighted by Crippen LogP contribution is -2.09. The Hall–Kier alpha value is -1.32. The average molecular weight is 286 g/mol. The van der Waals surface area contributed by atoms with Crippen molar-refractivity contribution in [3.8, 4) is 0 Å². The second-order valence-corrected chi connectivity index (χ2v) is 5.80. The van der Waals surface area contributed by atoms with Crippen LogP contribution < -0.4 is 11.2 Å². The SMILES string of the molecule is [B]c1cc(N)c(N=O)c(C(CC)CCCCCCCC)c1. The van der Waals surface area contributed by atoms with E-state index in [9.17, 15) is 4.91 Å². The molecule has 0 heterocycles. The Morgan fingerprint density at radius 1 is 1.14 bits per heavy atom. The highest BCUT2D eigenvalue weighted by Crippen LogP contribution is 2.36. The summed E-state index contributed by atoms with van der Waals surface area (Å²) in [6.45, 7) is 4.36. The monoisotopic (exact) mass is 286 g/mol. The summed E-state index contributed by atoms with van der Waals surface area (Å²) in [6.07, 6.45) is 9.67. The number of hydrogen-bond acceptors (Lipinski definition) is 3.